The molecular formula is C26H37N3O3S. The number of rotatable bonds is 7. The van der Waals surface area contributed by atoms with Gasteiger partial charge in [-0.1, -0.05) is 12.8 Å². The molecule has 1 aromatic carbocycles. The Morgan fingerprint density at radius 1 is 1.24 bits per heavy atom. The number of fused-ring (bicyclic) bond motifs is 3. The van der Waals surface area contributed by atoms with Crippen LogP contribution in [0.4, 0.5) is 0 Å². The van der Waals surface area contributed by atoms with Gasteiger partial charge in [-0.3, -0.25) is 4.90 Å². The summed E-state index contributed by atoms with van der Waals surface area (Å²) < 4.78 is 17.0. The minimum Gasteiger partial charge on any atom is -0.493 e. The van der Waals surface area contributed by atoms with E-state index in [0.717, 1.165) is 73.4 Å². The summed E-state index contributed by atoms with van der Waals surface area (Å²) >= 11 is 1.68. The standard InChI is InChI=1S/C26H37N3O3S/c1-5-32-23-14-19-18-8-6-7-9-21(18)28-25(20(19)15-22(23)30-4)24(16-27)33-26(2,3)17-29-10-12-31-13-11-29/h14-15,18,21,28H,5-13,17H2,1-4H3/b25-24-. The highest BCUT2D eigenvalue weighted by molar-refractivity contribution is 8.04. The summed E-state index contributed by atoms with van der Waals surface area (Å²) in [5.74, 6) is 1.95. The van der Waals surface area contributed by atoms with Crippen molar-refractivity contribution in [1.29, 1.82) is 5.26 Å². The van der Waals surface area contributed by atoms with E-state index in [-0.39, 0.29) is 4.75 Å². The van der Waals surface area contributed by atoms with E-state index < -0.39 is 0 Å². The van der Waals surface area contributed by atoms with Gasteiger partial charge in [0.1, 0.15) is 11.0 Å². The van der Waals surface area contributed by atoms with E-state index in [1.165, 1.54) is 18.4 Å². The Kier molecular flexibility index (Phi) is 7.78. The monoisotopic (exact) mass is 471 g/mol. The molecule has 1 saturated carbocycles. The molecule has 180 valence electrons. The first kappa shape index (κ1) is 24.3. The van der Waals surface area contributed by atoms with Crippen molar-refractivity contribution in [1.82, 2.24) is 10.2 Å². The molecule has 2 unspecified atom stereocenters. The molecule has 1 aliphatic carbocycles. The van der Waals surface area contributed by atoms with Gasteiger partial charge in [-0.05, 0) is 51.3 Å². The molecule has 3 aliphatic rings. The van der Waals surface area contributed by atoms with Crippen molar-refractivity contribution in [3.63, 3.8) is 0 Å². The quantitative estimate of drug-likeness (QED) is 0.575. The zero-order chi connectivity index (χ0) is 23.4. The van der Waals surface area contributed by atoms with Crippen LogP contribution in [0.25, 0.3) is 5.70 Å². The maximum atomic E-state index is 10.3. The van der Waals surface area contributed by atoms with Crippen LogP contribution in [0.3, 0.4) is 0 Å². The molecule has 0 spiro atoms. The van der Waals surface area contributed by atoms with Crippen molar-refractivity contribution in [2.24, 2.45) is 0 Å². The van der Waals surface area contributed by atoms with Crippen LogP contribution >= 0.6 is 11.8 Å². The number of thioether (sulfide) groups is 1. The lowest BCUT2D eigenvalue weighted by Gasteiger charge is -2.41. The van der Waals surface area contributed by atoms with Gasteiger partial charge in [0, 0.05) is 41.9 Å². The average molecular weight is 472 g/mol. The van der Waals surface area contributed by atoms with E-state index in [1.807, 2.05) is 6.92 Å². The molecule has 1 aromatic rings. The van der Waals surface area contributed by atoms with Gasteiger partial charge in [0.05, 0.1) is 32.6 Å². The predicted molar refractivity (Wildman–Crippen MR) is 134 cm³/mol. The molecule has 2 fully saturated rings. The minimum absolute atomic E-state index is 0.101. The van der Waals surface area contributed by atoms with Crippen molar-refractivity contribution in [2.45, 2.75) is 63.2 Å². The summed E-state index contributed by atoms with van der Waals surface area (Å²) in [4.78, 5) is 3.19. The summed E-state index contributed by atoms with van der Waals surface area (Å²) in [7, 11) is 1.68. The molecule has 2 heterocycles. The molecule has 33 heavy (non-hydrogen) atoms. The van der Waals surface area contributed by atoms with Crippen LogP contribution in [0.5, 0.6) is 11.5 Å². The number of nitrogens with one attached hydrogen (secondary N) is 1. The number of nitrogens with zero attached hydrogens (tertiary/aromatic N) is 2. The predicted octanol–water partition coefficient (Wildman–Crippen LogP) is 4.76. The number of nitriles is 1. The van der Waals surface area contributed by atoms with Crippen LogP contribution in [0.1, 0.15) is 63.5 Å². The van der Waals surface area contributed by atoms with Crippen molar-refractivity contribution < 1.29 is 14.2 Å². The third-order valence-corrected chi connectivity index (χ3v) is 8.00. The minimum atomic E-state index is -0.101. The Hall–Kier alpha value is -1.88. The van der Waals surface area contributed by atoms with Crippen molar-refractivity contribution >= 4 is 17.5 Å². The second-order valence-electron chi connectivity index (χ2n) is 9.73. The molecule has 0 radical (unpaired) electrons. The smallest absolute Gasteiger partial charge is 0.161 e. The lowest BCUT2D eigenvalue weighted by molar-refractivity contribution is 0.0350. The number of hydrogen-bond donors (Lipinski definition) is 1. The van der Waals surface area contributed by atoms with Gasteiger partial charge in [0.15, 0.2) is 11.5 Å². The Morgan fingerprint density at radius 3 is 2.70 bits per heavy atom. The van der Waals surface area contributed by atoms with E-state index in [0.29, 0.717) is 18.6 Å². The van der Waals surface area contributed by atoms with Gasteiger partial charge < -0.3 is 19.5 Å². The van der Waals surface area contributed by atoms with Crippen LogP contribution in [0, 0.1) is 11.3 Å². The highest BCUT2D eigenvalue weighted by Gasteiger charge is 2.37. The lowest BCUT2D eigenvalue weighted by Crippen LogP contribution is -2.43. The molecule has 7 heteroatoms. The molecular weight excluding hydrogens is 434 g/mol. The Balaban J connectivity index is 1.72. The number of hydrogen-bond acceptors (Lipinski definition) is 7. The van der Waals surface area contributed by atoms with Gasteiger partial charge in [-0.2, -0.15) is 5.26 Å². The second-order valence-corrected chi connectivity index (χ2v) is 11.4. The van der Waals surface area contributed by atoms with Crippen LogP contribution in [0.15, 0.2) is 17.0 Å². The third kappa shape index (κ3) is 5.45. The summed E-state index contributed by atoms with van der Waals surface area (Å²) in [5.41, 5.74) is 3.33. The van der Waals surface area contributed by atoms with Crippen LogP contribution in [-0.2, 0) is 4.74 Å². The van der Waals surface area contributed by atoms with E-state index in [4.69, 9.17) is 14.2 Å². The summed E-state index contributed by atoms with van der Waals surface area (Å²) in [5, 5.41) is 14.1. The topological polar surface area (TPSA) is 66.8 Å². The maximum Gasteiger partial charge on any atom is 0.161 e. The Bertz CT molecular complexity index is 918. The second kappa shape index (κ2) is 10.6. The Morgan fingerprint density at radius 2 is 2.00 bits per heavy atom. The molecule has 1 saturated heterocycles. The van der Waals surface area contributed by atoms with Gasteiger partial charge in [0.25, 0.3) is 0 Å². The highest BCUT2D eigenvalue weighted by Crippen LogP contribution is 2.47. The number of methoxy groups -OCH3 is 1. The van der Waals surface area contributed by atoms with Gasteiger partial charge in [-0.25, -0.2) is 0 Å². The van der Waals surface area contributed by atoms with E-state index in [2.05, 4.69) is 42.3 Å². The third-order valence-electron chi connectivity index (χ3n) is 6.82. The SMILES string of the molecule is CCOc1cc2c(cc1OC)/C(=C(\C#N)SC(C)(C)CN1CCOCC1)NC1CCCCC21. The first-order valence-electron chi connectivity index (χ1n) is 12.2. The summed E-state index contributed by atoms with van der Waals surface area (Å²) in [6.07, 6.45) is 4.75. The van der Waals surface area contributed by atoms with Crippen LogP contribution < -0.4 is 14.8 Å². The van der Waals surface area contributed by atoms with Gasteiger partial charge in [-0.15, -0.1) is 11.8 Å². The molecule has 6 nitrogen and oxygen atoms in total. The average Bonchev–Trinajstić information content (AvgIpc) is 2.82. The van der Waals surface area contributed by atoms with Gasteiger partial charge in [0.2, 0.25) is 0 Å². The van der Waals surface area contributed by atoms with Crippen molar-refractivity contribution in [3.05, 3.63) is 28.2 Å². The fourth-order valence-corrected chi connectivity index (χ4v) is 6.51. The van der Waals surface area contributed by atoms with E-state index in [9.17, 15) is 5.26 Å². The van der Waals surface area contributed by atoms with Crippen molar-refractivity contribution in [3.8, 4) is 17.6 Å². The first-order valence-corrected chi connectivity index (χ1v) is 13.0. The molecule has 2 atom stereocenters. The van der Waals surface area contributed by atoms with Crippen LogP contribution in [-0.4, -0.2) is 62.3 Å². The van der Waals surface area contributed by atoms with Crippen molar-refractivity contribution in [2.75, 3.05) is 46.6 Å². The van der Waals surface area contributed by atoms with Crippen LogP contribution in [0.2, 0.25) is 0 Å². The maximum absolute atomic E-state index is 10.3. The fraction of sp³-hybridized carbons (Fsp3) is 0.654. The number of allylic oxidation sites excluding steroid dienone is 1. The zero-order valence-corrected chi connectivity index (χ0v) is 21.2. The largest absolute Gasteiger partial charge is 0.493 e. The molecule has 0 amide bonds. The molecule has 1 N–H and O–H groups in total. The molecule has 4 rings (SSSR count). The van der Waals surface area contributed by atoms with Gasteiger partial charge >= 0.3 is 0 Å². The summed E-state index contributed by atoms with van der Waals surface area (Å²) in [6.45, 7) is 11.4. The molecule has 0 aromatic heterocycles. The lowest BCUT2D eigenvalue weighted by atomic mass is 9.75. The molecule has 2 aliphatic heterocycles. The zero-order valence-electron chi connectivity index (χ0n) is 20.4. The number of morpholine rings is 1. The normalized spacial score (nSPS) is 24.7. The number of ether oxygens (including phenoxy) is 3. The summed E-state index contributed by atoms with van der Waals surface area (Å²) in [6, 6.07) is 7.14. The fourth-order valence-electron chi connectivity index (χ4n) is 5.39. The first-order chi connectivity index (χ1) is 16.0. The van der Waals surface area contributed by atoms with E-state index >= 15 is 0 Å². The highest BCUT2D eigenvalue weighted by atomic mass is 32.2. The molecule has 0 bridgehead atoms. The Labute approximate surface area is 202 Å². The van der Waals surface area contributed by atoms with E-state index in [1.54, 1.807) is 18.9 Å². The number of benzene rings is 1.